The minimum absolute atomic E-state index is 0.0341. The average Bonchev–Trinajstić information content (AvgIpc) is 2.27. The molecule has 100 valence electrons. The van der Waals surface area contributed by atoms with Crippen molar-refractivity contribution in [1.82, 2.24) is 5.32 Å². The summed E-state index contributed by atoms with van der Waals surface area (Å²) in [6.45, 7) is 6.08. The maximum Gasteiger partial charge on any atom is 0.237 e. The first-order valence-electron chi connectivity index (χ1n) is 6.21. The van der Waals surface area contributed by atoms with E-state index < -0.39 is 6.04 Å². The fourth-order valence-electron chi connectivity index (χ4n) is 1.79. The van der Waals surface area contributed by atoms with E-state index in [1.54, 1.807) is 0 Å². The summed E-state index contributed by atoms with van der Waals surface area (Å²) in [7, 11) is 0. The zero-order valence-corrected chi connectivity index (χ0v) is 12.7. The number of amides is 1. The van der Waals surface area contributed by atoms with Gasteiger partial charge in [-0.3, -0.25) is 4.79 Å². The lowest BCUT2D eigenvalue weighted by atomic mass is 10.0. The highest BCUT2D eigenvalue weighted by Gasteiger charge is 2.17. The summed E-state index contributed by atoms with van der Waals surface area (Å²) < 4.78 is 1.01. The van der Waals surface area contributed by atoms with Gasteiger partial charge in [-0.1, -0.05) is 41.9 Å². The van der Waals surface area contributed by atoms with Crippen LogP contribution in [0.1, 0.15) is 38.8 Å². The lowest BCUT2D eigenvalue weighted by Crippen LogP contribution is -2.42. The molecule has 0 saturated heterocycles. The molecule has 0 aliphatic carbocycles. The molecule has 3 N–H and O–H groups in total. The van der Waals surface area contributed by atoms with Gasteiger partial charge in [-0.05, 0) is 37.0 Å². The highest BCUT2D eigenvalue weighted by atomic mass is 79.9. The van der Waals surface area contributed by atoms with E-state index in [1.165, 1.54) is 0 Å². The van der Waals surface area contributed by atoms with Crippen LogP contribution in [0.2, 0.25) is 0 Å². The Kier molecular flexibility index (Phi) is 5.82. The summed E-state index contributed by atoms with van der Waals surface area (Å²) in [4.78, 5) is 11.9. The Morgan fingerprint density at radius 3 is 2.61 bits per heavy atom. The molecule has 2 atom stereocenters. The molecule has 1 aromatic carbocycles. The lowest BCUT2D eigenvalue weighted by Gasteiger charge is -2.19. The van der Waals surface area contributed by atoms with E-state index in [2.05, 4.69) is 35.1 Å². The van der Waals surface area contributed by atoms with Gasteiger partial charge in [0.05, 0.1) is 12.1 Å². The van der Waals surface area contributed by atoms with Crippen molar-refractivity contribution in [2.45, 2.75) is 39.3 Å². The third kappa shape index (κ3) is 4.78. The Hall–Kier alpha value is -0.870. The van der Waals surface area contributed by atoms with Crippen LogP contribution in [0.5, 0.6) is 0 Å². The van der Waals surface area contributed by atoms with E-state index in [0.29, 0.717) is 12.3 Å². The first-order chi connectivity index (χ1) is 8.40. The number of benzene rings is 1. The Bertz CT molecular complexity index is 407. The van der Waals surface area contributed by atoms with Crippen molar-refractivity contribution >= 4 is 21.8 Å². The fraction of sp³-hybridized carbons (Fsp3) is 0.500. The zero-order chi connectivity index (χ0) is 13.7. The van der Waals surface area contributed by atoms with Crippen molar-refractivity contribution in [3.05, 3.63) is 34.3 Å². The van der Waals surface area contributed by atoms with Crippen molar-refractivity contribution in [2.75, 3.05) is 0 Å². The highest BCUT2D eigenvalue weighted by Crippen LogP contribution is 2.18. The van der Waals surface area contributed by atoms with E-state index in [0.717, 1.165) is 10.0 Å². The van der Waals surface area contributed by atoms with Crippen molar-refractivity contribution < 1.29 is 4.79 Å². The first-order valence-corrected chi connectivity index (χ1v) is 7.01. The highest BCUT2D eigenvalue weighted by molar-refractivity contribution is 9.10. The lowest BCUT2D eigenvalue weighted by molar-refractivity contribution is -0.123. The normalized spacial score (nSPS) is 14.3. The second-order valence-corrected chi connectivity index (χ2v) is 5.94. The van der Waals surface area contributed by atoms with Crippen LogP contribution < -0.4 is 11.1 Å². The van der Waals surface area contributed by atoms with Gasteiger partial charge in [-0.15, -0.1) is 0 Å². The molecule has 18 heavy (non-hydrogen) atoms. The van der Waals surface area contributed by atoms with E-state index in [1.807, 2.05) is 31.2 Å². The van der Waals surface area contributed by atoms with Gasteiger partial charge in [0.1, 0.15) is 0 Å². The summed E-state index contributed by atoms with van der Waals surface area (Å²) in [6.07, 6.45) is 0.705. The Morgan fingerprint density at radius 2 is 2.06 bits per heavy atom. The van der Waals surface area contributed by atoms with Gasteiger partial charge in [0, 0.05) is 4.47 Å². The molecule has 0 aromatic heterocycles. The molecular weight excluding hydrogens is 292 g/mol. The Labute approximate surface area is 117 Å². The number of carbonyl (C=O) groups is 1. The van der Waals surface area contributed by atoms with E-state index in [4.69, 9.17) is 5.73 Å². The van der Waals surface area contributed by atoms with E-state index in [9.17, 15) is 4.79 Å². The van der Waals surface area contributed by atoms with E-state index in [-0.39, 0.29) is 11.9 Å². The summed E-state index contributed by atoms with van der Waals surface area (Å²) in [6, 6.07) is 7.44. The molecular formula is C14H21BrN2O. The Morgan fingerprint density at radius 1 is 1.39 bits per heavy atom. The van der Waals surface area contributed by atoms with Crippen LogP contribution in [-0.2, 0) is 4.79 Å². The average molecular weight is 313 g/mol. The van der Waals surface area contributed by atoms with Crippen LogP contribution >= 0.6 is 15.9 Å². The molecule has 3 nitrogen and oxygen atoms in total. The zero-order valence-electron chi connectivity index (χ0n) is 11.1. The molecule has 0 spiro atoms. The fourth-order valence-corrected chi connectivity index (χ4v) is 2.21. The molecule has 0 bridgehead atoms. The molecule has 0 aliphatic heterocycles. The predicted octanol–water partition coefficient (Wildman–Crippen LogP) is 3.00. The summed E-state index contributed by atoms with van der Waals surface area (Å²) in [5.41, 5.74) is 6.92. The molecule has 0 radical (unpaired) electrons. The number of hydrogen-bond acceptors (Lipinski definition) is 2. The van der Waals surface area contributed by atoms with Crippen LogP contribution in [0.3, 0.4) is 0 Å². The second kappa shape index (κ2) is 6.90. The third-order valence-corrected chi connectivity index (χ3v) is 3.26. The summed E-state index contributed by atoms with van der Waals surface area (Å²) in [5.74, 6) is 0.336. The molecule has 1 amide bonds. The number of nitrogens with two attached hydrogens (primary N) is 1. The molecule has 0 unspecified atom stereocenters. The molecule has 0 saturated carbocycles. The summed E-state index contributed by atoms with van der Waals surface area (Å²) >= 11 is 3.42. The molecule has 0 heterocycles. The van der Waals surface area contributed by atoms with Crippen molar-refractivity contribution in [3.8, 4) is 0 Å². The van der Waals surface area contributed by atoms with Crippen molar-refractivity contribution in [3.63, 3.8) is 0 Å². The number of hydrogen-bond donors (Lipinski definition) is 2. The van der Waals surface area contributed by atoms with Gasteiger partial charge in [-0.25, -0.2) is 0 Å². The molecule has 0 fully saturated rings. The minimum atomic E-state index is -0.431. The van der Waals surface area contributed by atoms with Crippen LogP contribution in [0.25, 0.3) is 0 Å². The third-order valence-electron chi connectivity index (χ3n) is 2.77. The Balaban J connectivity index is 2.59. The number of rotatable bonds is 5. The monoisotopic (exact) mass is 312 g/mol. The maximum atomic E-state index is 11.9. The van der Waals surface area contributed by atoms with Gasteiger partial charge < -0.3 is 11.1 Å². The van der Waals surface area contributed by atoms with Gasteiger partial charge in [0.2, 0.25) is 5.91 Å². The molecule has 4 heteroatoms. The van der Waals surface area contributed by atoms with Gasteiger partial charge >= 0.3 is 0 Å². The number of halogens is 1. The van der Waals surface area contributed by atoms with Gasteiger partial charge in [0.25, 0.3) is 0 Å². The van der Waals surface area contributed by atoms with Crippen LogP contribution in [0, 0.1) is 5.92 Å². The first kappa shape index (κ1) is 15.2. The van der Waals surface area contributed by atoms with E-state index >= 15 is 0 Å². The standard InChI is InChI=1S/C14H21BrN2O/c1-9(2)7-13(16)14(18)17-10(3)11-5-4-6-12(15)8-11/h4-6,8-10,13H,7,16H2,1-3H3,(H,17,18)/t10-,13+/m1/s1. The summed E-state index contributed by atoms with van der Waals surface area (Å²) in [5, 5.41) is 2.94. The minimum Gasteiger partial charge on any atom is -0.348 e. The number of nitrogens with one attached hydrogen (secondary N) is 1. The maximum absolute atomic E-state index is 11.9. The van der Waals surface area contributed by atoms with Crippen molar-refractivity contribution in [2.24, 2.45) is 11.7 Å². The van der Waals surface area contributed by atoms with Crippen LogP contribution in [-0.4, -0.2) is 11.9 Å². The molecule has 1 rings (SSSR count). The van der Waals surface area contributed by atoms with Gasteiger partial charge in [-0.2, -0.15) is 0 Å². The molecule has 1 aromatic rings. The smallest absolute Gasteiger partial charge is 0.237 e. The topological polar surface area (TPSA) is 55.1 Å². The van der Waals surface area contributed by atoms with Crippen molar-refractivity contribution in [1.29, 1.82) is 0 Å². The largest absolute Gasteiger partial charge is 0.348 e. The van der Waals surface area contributed by atoms with Gasteiger partial charge in [0.15, 0.2) is 0 Å². The quantitative estimate of drug-likeness (QED) is 0.878. The number of carbonyl (C=O) groups excluding carboxylic acids is 1. The van der Waals surface area contributed by atoms with Crippen LogP contribution in [0.15, 0.2) is 28.7 Å². The SMILES string of the molecule is CC(C)C[C@H](N)C(=O)N[C@H](C)c1cccc(Br)c1. The predicted molar refractivity (Wildman–Crippen MR) is 78.1 cm³/mol. The van der Waals surface area contributed by atoms with Crippen LogP contribution in [0.4, 0.5) is 0 Å². The molecule has 0 aliphatic rings. The second-order valence-electron chi connectivity index (χ2n) is 5.02.